The Bertz CT molecular complexity index is 4230. The predicted molar refractivity (Wildman–Crippen MR) is 505 cm³/mol. The Morgan fingerprint density at radius 3 is 1.14 bits per heavy atom. The molecule has 0 amide bonds. The molecule has 5 saturated heterocycles. The fourth-order valence-corrected chi connectivity index (χ4v) is 18.0. The SMILES string of the molecule is CC(C)CN.CC(C)CN(c1ccc(C2(C(=O)O)CCCC2)cc1N)C1CCOCC1.CC(C)CNC1CCOCC1.CO.Cc1cc(N)on1.O=C1CCOCC1.[C-]#[N+]C1(c2ccc(F)c([N+](=O)[O-])c2)CCCC1.[C-]#[N+]C1(c2ccc(N(CC(C)C)C3CCOCC3)c(N)c2)CCCC1.[C-]#[N+]C1(c2ccc(N(CC(C)C)C3CCOCC3)c([N+](=O)[O-])c2)CCCC1.[K+].[OH-]. The van der Waals surface area contributed by atoms with Gasteiger partial charge in [-0.1, -0.05) is 93.3 Å². The van der Waals surface area contributed by atoms with Crippen LogP contribution in [0.25, 0.3) is 14.5 Å². The molecule has 4 aromatic carbocycles. The minimum atomic E-state index is -0.850. The molecule has 31 heteroatoms. The van der Waals surface area contributed by atoms with Gasteiger partial charge in [0.15, 0.2) is 0 Å². The van der Waals surface area contributed by atoms with Gasteiger partial charge in [0.1, 0.15) is 11.5 Å². The van der Waals surface area contributed by atoms with Gasteiger partial charge in [0, 0.05) is 190 Å². The maximum absolute atomic E-state index is 13.2. The summed E-state index contributed by atoms with van der Waals surface area (Å²) in [6.07, 6.45) is 24.0. The van der Waals surface area contributed by atoms with Crippen LogP contribution in [0.4, 0.5) is 50.1 Å². The number of aliphatic carboxylic acids is 1. The number of carbonyl (C=O) groups excluding carboxylic acids is 1. The number of ketones is 1. The first kappa shape index (κ1) is 114. The van der Waals surface area contributed by atoms with Crippen molar-refractivity contribution in [1.29, 1.82) is 0 Å². The van der Waals surface area contributed by atoms with Crippen LogP contribution in [0, 0.1) is 82.3 Å². The summed E-state index contributed by atoms with van der Waals surface area (Å²) >= 11 is 0. The van der Waals surface area contributed by atoms with Crippen molar-refractivity contribution in [1.82, 2.24) is 10.5 Å². The maximum Gasteiger partial charge on any atom is 1.00 e. The summed E-state index contributed by atoms with van der Waals surface area (Å²) in [5.74, 6) is 2.07. The van der Waals surface area contributed by atoms with Crippen molar-refractivity contribution in [3.63, 3.8) is 0 Å². The van der Waals surface area contributed by atoms with E-state index < -0.39 is 38.9 Å². The Morgan fingerprint density at radius 1 is 0.512 bits per heavy atom. The number of benzene rings is 4. The van der Waals surface area contributed by atoms with Crippen molar-refractivity contribution in [3.05, 3.63) is 167 Å². The standard InChI is InChI=1S/C21H29N3O3.C21H31N3O.C21H32N2O3.C12H11FN2O2.C9H19NO.C5H8O2.C4H6N2O.C4H11N.CH4O.K.H2O/c1-16(2)15-23(18-8-12-27-13-9-18)19-7-6-17(14-20(19)24(25)26)21(22-3)10-4-5-11-21;1-16(2)15-24(18-8-12-25-13-9-18)20-7-6-17(14-19(20)22)21(23-3)10-4-5-11-21;1-15(2)14-23(17-7-11-26-12-8-17)19-6-5-16(13-18(19)22)21(20(24)25)9-3-4-10-21;1-14-12(6-2-3-7-12)9-4-5-10(13)11(8-9)15(16)17;1-8(2)7-10-9-3-5-11-6-4-9;6-5-1-3-7-4-2-5;1-3-2-4(5)7-6-3;1-4(2)3-5;1-2;;/h6-7,14,16,18H,4-5,8-13,15H2,1-2H3;6-7,14,16,18H,4-5,8-13,15,22H2,1-2H3;5-6,13,15,17H,3-4,7-12,14,22H2,1-2H3,(H,24,25);4-5,8H,2-3,6-7H2;8-10H,3-7H2,1-2H3;1-4H2;2H,5H2,1H3;4H,3,5H2,1-2H3;2H,1H3;;1H2/q;;;;;;;;;+1;/p-1. The van der Waals surface area contributed by atoms with E-state index in [2.05, 4.69) is 132 Å². The molecule has 0 spiro atoms. The van der Waals surface area contributed by atoms with E-state index in [0.29, 0.717) is 135 Å². The van der Waals surface area contributed by atoms with E-state index in [1.54, 1.807) is 12.1 Å². The third kappa shape index (κ3) is 35.1. The number of aliphatic hydroxyl groups is 1. The number of aryl methyl sites for hydroxylation is 1. The first-order valence-electron chi connectivity index (χ1n) is 46.5. The Morgan fingerprint density at radius 2 is 0.837 bits per heavy atom. The largest absolute Gasteiger partial charge is 1.00 e. The molecular formula is C98H152FKN14O15. The Balaban J connectivity index is 0.000000323. The Hall–Kier alpha value is -7.49. The van der Waals surface area contributed by atoms with Crippen molar-refractivity contribution < 1.29 is 119 Å². The van der Waals surface area contributed by atoms with Crippen molar-refractivity contribution in [2.45, 2.75) is 289 Å². The zero-order valence-corrected chi connectivity index (χ0v) is 82.8. The molecule has 1 aromatic heterocycles. The van der Waals surface area contributed by atoms with E-state index >= 15 is 0 Å². The van der Waals surface area contributed by atoms with Crippen LogP contribution in [-0.4, -0.2) is 173 Å². The fraction of sp³-hybridized carbons (Fsp3) is 0.673. The molecule has 4 saturated carbocycles. The van der Waals surface area contributed by atoms with Gasteiger partial charge in [-0.25, -0.2) is 19.7 Å². The number of ether oxygens (including phenoxy) is 5. The topological polar surface area (TPSA) is 402 Å². The van der Waals surface area contributed by atoms with Gasteiger partial charge >= 0.3 is 63.0 Å². The van der Waals surface area contributed by atoms with Crippen LogP contribution in [0.15, 0.2) is 83.4 Å². The van der Waals surface area contributed by atoms with E-state index in [1.807, 2.05) is 37.3 Å². The fourth-order valence-electron chi connectivity index (χ4n) is 18.0. The molecule has 0 bridgehead atoms. The van der Waals surface area contributed by atoms with E-state index in [0.717, 1.165) is 246 Å². The first-order chi connectivity index (χ1) is 60.8. The van der Waals surface area contributed by atoms with Crippen molar-refractivity contribution in [2.24, 2.45) is 35.3 Å². The van der Waals surface area contributed by atoms with Gasteiger partial charge in [0.25, 0.3) is 22.3 Å². The summed E-state index contributed by atoms with van der Waals surface area (Å²) in [6.45, 7) is 58.9. The number of Topliss-reactive ketones (excluding diaryl/α,β-unsaturated/α-hetero) is 1. The summed E-state index contributed by atoms with van der Waals surface area (Å²) in [7, 11) is 1.00. The van der Waals surface area contributed by atoms with Crippen LogP contribution in [0.5, 0.6) is 0 Å². The third-order valence-corrected chi connectivity index (χ3v) is 25.0. The van der Waals surface area contributed by atoms with Crippen LogP contribution in [0.3, 0.4) is 0 Å². The second-order valence-corrected chi connectivity index (χ2v) is 37.1. The van der Waals surface area contributed by atoms with E-state index in [-0.39, 0.29) is 79.1 Å². The molecule has 0 unspecified atom stereocenters. The van der Waals surface area contributed by atoms with Crippen LogP contribution in [0.2, 0.25) is 0 Å². The molecule has 29 nitrogen and oxygen atoms in total. The smallest absolute Gasteiger partial charge is 0.870 e. The average Bonchev–Trinajstić information content (AvgIpc) is 1.71. The maximum atomic E-state index is 13.2. The second kappa shape index (κ2) is 58.5. The van der Waals surface area contributed by atoms with Crippen LogP contribution in [-0.2, 0) is 55.3 Å². The van der Waals surface area contributed by atoms with Crippen LogP contribution in [0.1, 0.15) is 264 Å². The number of carboxylic acid groups (broad SMARTS) is 1. The second-order valence-electron chi connectivity index (χ2n) is 37.1. The molecule has 9 aliphatic rings. The number of anilines is 6. The van der Waals surface area contributed by atoms with E-state index in [1.165, 1.54) is 25.0 Å². The van der Waals surface area contributed by atoms with Gasteiger partial charge in [0.2, 0.25) is 11.7 Å². The number of aromatic nitrogens is 1. The number of nitrogen functional groups attached to an aromatic ring is 3. The molecule has 4 aliphatic carbocycles. The number of aliphatic hydroxyl groups excluding tert-OH is 1. The van der Waals surface area contributed by atoms with Crippen molar-refractivity contribution in [2.75, 3.05) is 138 Å². The number of nitro groups is 2. The number of rotatable bonds is 23. The Kier molecular flexibility index (Phi) is 51.6. The molecule has 9 fully saturated rings. The van der Waals surface area contributed by atoms with Gasteiger partial charge < -0.3 is 101 Å². The number of nitro benzene ring substituents is 2. The van der Waals surface area contributed by atoms with Crippen LogP contribution < -0.4 is 94.3 Å². The number of nitrogens with one attached hydrogen (secondary N) is 1. The molecule has 12 N–H and O–H groups in total. The molecule has 712 valence electrons. The van der Waals surface area contributed by atoms with Gasteiger partial charge in [-0.05, 0) is 212 Å². The van der Waals surface area contributed by atoms with Crippen molar-refractivity contribution in [3.8, 4) is 0 Å². The summed E-state index contributed by atoms with van der Waals surface area (Å²) in [4.78, 5) is 62.6. The summed E-state index contributed by atoms with van der Waals surface area (Å²) in [5, 5.41) is 46.5. The molecule has 5 aliphatic heterocycles. The minimum absolute atomic E-state index is 0. The average molecular weight is 1820 g/mol. The molecular weight excluding hydrogens is 1670 g/mol. The number of hydrogen-bond donors (Lipinski definition) is 7. The molecule has 129 heavy (non-hydrogen) atoms. The molecule has 5 aromatic rings. The van der Waals surface area contributed by atoms with Gasteiger partial charge in [0.05, 0.1) is 56.9 Å². The monoisotopic (exact) mass is 1820 g/mol. The molecule has 14 rings (SSSR count). The molecule has 0 radical (unpaired) electrons. The number of hydrogen-bond acceptors (Lipinski definition) is 23. The van der Waals surface area contributed by atoms with Crippen LogP contribution >= 0.6 is 0 Å². The van der Waals surface area contributed by atoms with E-state index in [9.17, 15) is 39.3 Å². The quantitative estimate of drug-likeness (QED) is 0.0105. The van der Waals surface area contributed by atoms with Gasteiger partial charge in [-0.15, -0.1) is 0 Å². The van der Waals surface area contributed by atoms with Crippen molar-refractivity contribution >= 4 is 57.4 Å². The summed E-state index contributed by atoms with van der Waals surface area (Å²) < 4.78 is 44.5. The summed E-state index contributed by atoms with van der Waals surface area (Å²) in [5.41, 5.74) is 29.1. The van der Waals surface area contributed by atoms with E-state index in [4.69, 9.17) is 71.4 Å². The number of carboxylic acids is 1. The normalized spacial score (nSPS) is 18.5. The zero-order valence-electron chi connectivity index (χ0n) is 79.6. The molecule has 0 atom stereocenters. The first-order valence-corrected chi connectivity index (χ1v) is 46.5. The summed E-state index contributed by atoms with van der Waals surface area (Å²) in [6, 6.07) is 25.2. The third-order valence-electron chi connectivity index (χ3n) is 25.0. The zero-order chi connectivity index (χ0) is 93.3. The van der Waals surface area contributed by atoms with Gasteiger partial charge in [-0.3, -0.25) is 29.8 Å². The molecule has 6 heterocycles. The minimum Gasteiger partial charge on any atom is -0.870 e. The number of nitrogens with zero attached hydrogens (tertiary/aromatic N) is 9. The number of halogens is 1. The number of nitrogens with two attached hydrogens (primary N) is 4. The predicted octanol–water partition coefficient (Wildman–Crippen LogP) is 16.1. The van der Waals surface area contributed by atoms with Gasteiger partial charge in [-0.2, -0.15) is 4.39 Å². The Labute approximate surface area is 810 Å². The number of carbonyl (C=O) groups is 2.